The van der Waals surface area contributed by atoms with Crippen LogP contribution in [0.25, 0.3) is 0 Å². The summed E-state index contributed by atoms with van der Waals surface area (Å²) in [7, 11) is -3.77. The van der Waals surface area contributed by atoms with E-state index in [4.69, 9.17) is 10.5 Å². The second kappa shape index (κ2) is 6.45. The van der Waals surface area contributed by atoms with E-state index in [-0.39, 0.29) is 10.5 Å². The molecule has 0 saturated heterocycles. The highest BCUT2D eigenvalue weighted by Crippen LogP contribution is 2.15. The molecular weight excluding hydrogens is 308 g/mol. The van der Waals surface area contributed by atoms with Crippen molar-refractivity contribution in [2.45, 2.75) is 44.2 Å². The number of nitrogens with two attached hydrogens (primary N) is 1. The quantitative estimate of drug-likeness (QED) is 0.775. The highest BCUT2D eigenvalue weighted by atomic mass is 32.2. The Morgan fingerprint density at radius 1 is 1.27 bits per heavy atom. The van der Waals surface area contributed by atoms with E-state index in [1.165, 1.54) is 31.2 Å². The fourth-order valence-corrected chi connectivity index (χ4v) is 3.00. The lowest BCUT2D eigenvalue weighted by Crippen LogP contribution is -2.40. The summed E-state index contributed by atoms with van der Waals surface area (Å²) < 4.78 is 31.8. The maximum Gasteiger partial charge on any atom is 0.338 e. The molecule has 1 atom stereocenters. The summed E-state index contributed by atoms with van der Waals surface area (Å²) in [5, 5.41) is 0. The first-order valence-electron chi connectivity index (χ1n) is 6.57. The van der Waals surface area contributed by atoms with E-state index in [9.17, 15) is 18.0 Å². The first-order chi connectivity index (χ1) is 9.92. The molecule has 1 rings (SSSR count). The van der Waals surface area contributed by atoms with Crippen molar-refractivity contribution in [1.29, 1.82) is 0 Å². The second-order valence-corrected chi connectivity index (χ2v) is 7.52. The number of carbonyl (C=O) groups excluding carboxylic acids is 2. The average molecular weight is 328 g/mol. The number of amides is 1. The minimum absolute atomic E-state index is 0.0184. The Balaban J connectivity index is 3.05. The third kappa shape index (κ3) is 5.12. The standard InChI is InChI=1S/C14H20N2O5S/c1-9(12(15)17)21-13(18)10-6-5-7-11(8-10)22(19,20)16-14(2,3)4/h5-9,16H,1-4H3,(H2,15,17)/t9-/m0/s1. The normalized spacial score (nSPS) is 13.5. The van der Waals surface area contributed by atoms with E-state index < -0.39 is 33.5 Å². The van der Waals surface area contributed by atoms with Crippen molar-refractivity contribution in [3.05, 3.63) is 29.8 Å². The molecule has 0 bridgehead atoms. The van der Waals surface area contributed by atoms with Crippen molar-refractivity contribution in [3.63, 3.8) is 0 Å². The SMILES string of the molecule is C[C@H](OC(=O)c1cccc(S(=O)(=O)NC(C)(C)C)c1)C(N)=O. The molecule has 0 saturated carbocycles. The lowest BCUT2D eigenvalue weighted by Gasteiger charge is -2.20. The Morgan fingerprint density at radius 2 is 1.86 bits per heavy atom. The minimum Gasteiger partial charge on any atom is -0.449 e. The van der Waals surface area contributed by atoms with Crippen LogP contribution in [-0.2, 0) is 19.6 Å². The Hall–Kier alpha value is -1.93. The lowest BCUT2D eigenvalue weighted by molar-refractivity contribution is -0.125. The molecule has 22 heavy (non-hydrogen) atoms. The third-order valence-electron chi connectivity index (χ3n) is 2.51. The van der Waals surface area contributed by atoms with Gasteiger partial charge in [-0.05, 0) is 45.9 Å². The number of ether oxygens (including phenoxy) is 1. The maximum absolute atomic E-state index is 12.2. The van der Waals surface area contributed by atoms with E-state index >= 15 is 0 Å². The van der Waals surface area contributed by atoms with Crippen LogP contribution in [0.5, 0.6) is 0 Å². The zero-order valence-corrected chi connectivity index (χ0v) is 13.7. The van der Waals surface area contributed by atoms with E-state index in [0.29, 0.717) is 0 Å². The van der Waals surface area contributed by atoms with Crippen molar-refractivity contribution in [3.8, 4) is 0 Å². The number of hydrogen-bond donors (Lipinski definition) is 2. The Kier molecular flexibility index (Phi) is 5.31. The minimum atomic E-state index is -3.77. The van der Waals surface area contributed by atoms with Crippen LogP contribution in [0, 0.1) is 0 Å². The van der Waals surface area contributed by atoms with Crippen LogP contribution < -0.4 is 10.5 Å². The predicted molar refractivity (Wildman–Crippen MR) is 80.6 cm³/mol. The van der Waals surface area contributed by atoms with E-state index in [2.05, 4.69) is 4.72 Å². The van der Waals surface area contributed by atoms with Crippen molar-refractivity contribution < 1.29 is 22.7 Å². The van der Waals surface area contributed by atoms with Gasteiger partial charge < -0.3 is 10.5 Å². The van der Waals surface area contributed by atoms with E-state index in [0.717, 1.165) is 0 Å². The summed E-state index contributed by atoms with van der Waals surface area (Å²) in [4.78, 5) is 22.7. The molecule has 0 aliphatic carbocycles. The first kappa shape index (κ1) is 18.1. The van der Waals surface area contributed by atoms with Crippen molar-refractivity contribution in [2.75, 3.05) is 0 Å². The molecule has 3 N–H and O–H groups in total. The number of sulfonamides is 1. The van der Waals surface area contributed by atoms with Gasteiger partial charge in [-0.3, -0.25) is 4.79 Å². The smallest absolute Gasteiger partial charge is 0.338 e. The molecule has 0 aromatic heterocycles. The average Bonchev–Trinajstić information content (AvgIpc) is 2.35. The summed E-state index contributed by atoms with van der Waals surface area (Å²) in [6.45, 7) is 6.45. The van der Waals surface area contributed by atoms with E-state index in [1.54, 1.807) is 20.8 Å². The molecule has 0 radical (unpaired) electrons. The van der Waals surface area contributed by atoms with Crippen LogP contribution in [0.3, 0.4) is 0 Å². The van der Waals surface area contributed by atoms with Gasteiger partial charge in [0.2, 0.25) is 10.0 Å². The lowest BCUT2D eigenvalue weighted by atomic mass is 10.1. The maximum atomic E-state index is 12.2. The number of nitrogens with one attached hydrogen (secondary N) is 1. The molecule has 7 nitrogen and oxygen atoms in total. The summed E-state index contributed by atoms with van der Waals surface area (Å²) >= 11 is 0. The molecule has 122 valence electrons. The molecule has 0 aliphatic heterocycles. The monoisotopic (exact) mass is 328 g/mol. The van der Waals surface area contributed by atoms with Gasteiger partial charge in [0.15, 0.2) is 6.10 Å². The zero-order valence-electron chi connectivity index (χ0n) is 12.9. The summed E-state index contributed by atoms with van der Waals surface area (Å²) in [6.07, 6.45) is -1.10. The van der Waals surface area contributed by atoms with Crippen molar-refractivity contribution >= 4 is 21.9 Å². The van der Waals surface area contributed by atoms with E-state index in [1.807, 2.05) is 0 Å². The number of carbonyl (C=O) groups is 2. The fraction of sp³-hybridized carbons (Fsp3) is 0.429. The second-order valence-electron chi connectivity index (χ2n) is 5.83. The number of rotatable bonds is 5. The molecule has 0 spiro atoms. The molecule has 1 amide bonds. The molecule has 1 aromatic rings. The molecule has 1 aromatic carbocycles. The van der Waals surface area contributed by atoms with Gasteiger partial charge in [-0.1, -0.05) is 6.07 Å². The molecule has 0 unspecified atom stereocenters. The molecule has 0 aliphatic rings. The van der Waals surface area contributed by atoms with Crippen LogP contribution in [0.4, 0.5) is 0 Å². The van der Waals surface area contributed by atoms with Gasteiger partial charge in [0, 0.05) is 5.54 Å². The third-order valence-corrected chi connectivity index (χ3v) is 4.26. The Bertz CT molecular complexity index is 677. The topological polar surface area (TPSA) is 116 Å². The molecular formula is C14H20N2O5S. The number of hydrogen-bond acceptors (Lipinski definition) is 5. The number of esters is 1. The number of primary amides is 1. The van der Waals surface area contributed by atoms with Gasteiger partial charge in [0.25, 0.3) is 5.91 Å². The van der Waals surface area contributed by atoms with Gasteiger partial charge >= 0.3 is 5.97 Å². The Morgan fingerprint density at radius 3 is 2.36 bits per heavy atom. The van der Waals surface area contributed by atoms with Gasteiger partial charge in [0.05, 0.1) is 10.5 Å². The molecule has 0 heterocycles. The summed E-state index contributed by atoms with van der Waals surface area (Å²) in [6, 6.07) is 5.36. The van der Waals surface area contributed by atoms with Crippen LogP contribution in [0.1, 0.15) is 38.1 Å². The summed E-state index contributed by atoms with van der Waals surface area (Å²) in [5.74, 6) is -1.61. The van der Waals surface area contributed by atoms with Crippen molar-refractivity contribution in [2.24, 2.45) is 5.73 Å². The highest BCUT2D eigenvalue weighted by molar-refractivity contribution is 7.89. The van der Waals surface area contributed by atoms with Crippen LogP contribution >= 0.6 is 0 Å². The van der Waals surface area contributed by atoms with Gasteiger partial charge in [0.1, 0.15) is 0 Å². The Labute approximate surface area is 129 Å². The van der Waals surface area contributed by atoms with Gasteiger partial charge in [-0.25, -0.2) is 17.9 Å². The van der Waals surface area contributed by atoms with Crippen LogP contribution in [0.2, 0.25) is 0 Å². The van der Waals surface area contributed by atoms with Crippen molar-refractivity contribution in [1.82, 2.24) is 4.72 Å². The predicted octanol–water partition coefficient (Wildman–Crippen LogP) is 0.794. The van der Waals surface area contributed by atoms with Crippen LogP contribution in [-0.4, -0.2) is 31.9 Å². The summed E-state index contributed by atoms with van der Waals surface area (Å²) in [5.41, 5.74) is 4.37. The molecule has 0 fully saturated rings. The van der Waals surface area contributed by atoms with Gasteiger partial charge in [-0.15, -0.1) is 0 Å². The molecule has 8 heteroatoms. The van der Waals surface area contributed by atoms with Gasteiger partial charge in [-0.2, -0.15) is 0 Å². The first-order valence-corrected chi connectivity index (χ1v) is 8.05. The largest absolute Gasteiger partial charge is 0.449 e. The zero-order chi connectivity index (χ0) is 17.1. The fourth-order valence-electron chi connectivity index (χ4n) is 1.54. The van der Waals surface area contributed by atoms with Crippen LogP contribution in [0.15, 0.2) is 29.2 Å². The number of benzene rings is 1. The highest BCUT2D eigenvalue weighted by Gasteiger charge is 2.23.